The second kappa shape index (κ2) is 5.27. The minimum atomic E-state index is -0.831. The highest BCUT2D eigenvalue weighted by Gasteiger charge is 2.09. The van der Waals surface area contributed by atoms with Crippen molar-refractivity contribution in [3.05, 3.63) is 33.8 Å². The van der Waals surface area contributed by atoms with Gasteiger partial charge in [0, 0.05) is 18.0 Å². The van der Waals surface area contributed by atoms with Crippen LogP contribution in [0.2, 0.25) is 5.02 Å². The first-order valence-corrected chi connectivity index (χ1v) is 5.96. The normalized spacial score (nSPS) is 10.9. The molecule has 0 spiro atoms. The quantitative estimate of drug-likeness (QED) is 0.847. The number of halogens is 1. The van der Waals surface area contributed by atoms with Crippen LogP contribution in [0.1, 0.15) is 19.3 Å². The molecule has 0 amide bonds. The Morgan fingerprint density at radius 1 is 1.39 bits per heavy atom. The number of benzene rings is 1. The van der Waals surface area contributed by atoms with Crippen molar-refractivity contribution in [2.45, 2.75) is 25.8 Å². The Labute approximate surface area is 108 Å². The van der Waals surface area contributed by atoms with E-state index in [2.05, 4.69) is 0 Å². The number of carboxylic acids is 1. The van der Waals surface area contributed by atoms with E-state index in [9.17, 15) is 9.59 Å². The molecule has 1 aromatic carbocycles. The number of carbonyl (C=O) groups is 1. The van der Waals surface area contributed by atoms with Gasteiger partial charge in [-0.15, -0.1) is 0 Å². The van der Waals surface area contributed by atoms with Gasteiger partial charge in [-0.25, -0.2) is 4.79 Å². The Morgan fingerprint density at radius 2 is 2.17 bits per heavy atom. The molecule has 18 heavy (non-hydrogen) atoms. The summed E-state index contributed by atoms with van der Waals surface area (Å²) in [4.78, 5) is 22.0. The predicted molar refractivity (Wildman–Crippen MR) is 67.0 cm³/mol. The van der Waals surface area contributed by atoms with Gasteiger partial charge in [0.25, 0.3) is 0 Å². The average Bonchev–Trinajstić information content (AvgIpc) is 2.60. The molecule has 96 valence electrons. The van der Waals surface area contributed by atoms with Crippen molar-refractivity contribution in [1.82, 2.24) is 4.57 Å². The zero-order valence-electron chi connectivity index (χ0n) is 9.56. The van der Waals surface area contributed by atoms with Crippen LogP contribution in [-0.2, 0) is 11.3 Å². The van der Waals surface area contributed by atoms with Crippen molar-refractivity contribution in [3.63, 3.8) is 0 Å². The molecule has 0 aliphatic rings. The van der Waals surface area contributed by atoms with Crippen LogP contribution in [0.25, 0.3) is 11.1 Å². The van der Waals surface area contributed by atoms with Gasteiger partial charge in [-0.2, -0.15) is 0 Å². The summed E-state index contributed by atoms with van der Waals surface area (Å²) in [6, 6.07) is 4.97. The van der Waals surface area contributed by atoms with Crippen LogP contribution in [0, 0.1) is 0 Å². The minimum Gasteiger partial charge on any atom is -0.481 e. The number of rotatable bonds is 5. The van der Waals surface area contributed by atoms with Gasteiger partial charge in [-0.3, -0.25) is 9.36 Å². The van der Waals surface area contributed by atoms with Crippen LogP contribution in [0.5, 0.6) is 0 Å². The van der Waals surface area contributed by atoms with Crippen LogP contribution < -0.4 is 5.76 Å². The van der Waals surface area contributed by atoms with Gasteiger partial charge in [0.1, 0.15) is 0 Å². The van der Waals surface area contributed by atoms with Crippen LogP contribution in [0.4, 0.5) is 0 Å². The van der Waals surface area contributed by atoms with Gasteiger partial charge < -0.3 is 9.52 Å². The van der Waals surface area contributed by atoms with Crippen molar-refractivity contribution in [2.24, 2.45) is 0 Å². The smallest absolute Gasteiger partial charge is 0.419 e. The summed E-state index contributed by atoms with van der Waals surface area (Å²) in [6.45, 7) is 0.430. The maximum absolute atomic E-state index is 11.6. The fourth-order valence-electron chi connectivity index (χ4n) is 1.79. The van der Waals surface area contributed by atoms with Gasteiger partial charge in [0.05, 0.1) is 5.52 Å². The van der Waals surface area contributed by atoms with Crippen LogP contribution in [0.15, 0.2) is 27.4 Å². The topological polar surface area (TPSA) is 72.4 Å². The fourth-order valence-corrected chi connectivity index (χ4v) is 1.96. The Kier molecular flexibility index (Phi) is 3.72. The first-order chi connectivity index (χ1) is 8.58. The van der Waals surface area contributed by atoms with Crippen molar-refractivity contribution >= 4 is 28.7 Å². The highest BCUT2D eigenvalue weighted by Crippen LogP contribution is 2.18. The highest BCUT2D eigenvalue weighted by molar-refractivity contribution is 6.31. The zero-order chi connectivity index (χ0) is 13.1. The third kappa shape index (κ3) is 2.73. The summed E-state index contributed by atoms with van der Waals surface area (Å²) in [5, 5.41) is 9.06. The molecule has 1 aromatic heterocycles. The van der Waals surface area contributed by atoms with E-state index in [0.717, 1.165) is 0 Å². The number of aliphatic carboxylic acids is 1. The zero-order valence-corrected chi connectivity index (χ0v) is 10.3. The van der Waals surface area contributed by atoms with Gasteiger partial charge in [0.15, 0.2) is 5.58 Å². The van der Waals surface area contributed by atoms with Crippen molar-refractivity contribution in [2.75, 3.05) is 0 Å². The molecule has 0 unspecified atom stereocenters. The van der Waals surface area contributed by atoms with Gasteiger partial charge >= 0.3 is 11.7 Å². The minimum absolute atomic E-state index is 0.102. The number of aryl methyl sites for hydroxylation is 1. The highest BCUT2D eigenvalue weighted by atomic mass is 35.5. The third-order valence-electron chi connectivity index (χ3n) is 2.65. The van der Waals surface area contributed by atoms with E-state index in [4.69, 9.17) is 21.1 Å². The first-order valence-electron chi connectivity index (χ1n) is 5.58. The SMILES string of the molecule is O=C(O)CCCCn1c(=O)oc2ccc(Cl)cc21. The first kappa shape index (κ1) is 12.7. The van der Waals surface area contributed by atoms with Crippen LogP contribution in [0.3, 0.4) is 0 Å². The average molecular weight is 270 g/mol. The largest absolute Gasteiger partial charge is 0.481 e. The lowest BCUT2D eigenvalue weighted by molar-refractivity contribution is -0.137. The van der Waals surface area contributed by atoms with Crippen molar-refractivity contribution in [1.29, 1.82) is 0 Å². The van der Waals surface area contributed by atoms with E-state index >= 15 is 0 Å². The summed E-state index contributed by atoms with van der Waals surface area (Å²) < 4.78 is 6.54. The number of hydrogen-bond donors (Lipinski definition) is 1. The molecule has 0 fully saturated rings. The Bertz CT molecular complexity index is 629. The summed E-state index contributed by atoms with van der Waals surface area (Å²) in [7, 11) is 0. The fraction of sp³-hybridized carbons (Fsp3) is 0.333. The summed E-state index contributed by atoms with van der Waals surface area (Å²) in [6.07, 6.45) is 1.23. The molecule has 0 saturated carbocycles. The monoisotopic (exact) mass is 269 g/mol. The molecule has 0 radical (unpaired) electrons. The number of hydrogen-bond acceptors (Lipinski definition) is 3. The standard InChI is InChI=1S/C12H12ClNO4/c13-8-4-5-10-9(7-8)14(12(17)18-10)6-2-1-3-11(15)16/h4-5,7H,1-3,6H2,(H,15,16). The van der Waals surface area contributed by atoms with E-state index in [0.29, 0.717) is 35.5 Å². The van der Waals surface area contributed by atoms with Crippen molar-refractivity contribution in [3.8, 4) is 0 Å². The van der Waals surface area contributed by atoms with Crippen molar-refractivity contribution < 1.29 is 14.3 Å². The summed E-state index contributed by atoms with van der Waals surface area (Å²) >= 11 is 5.87. The van der Waals surface area contributed by atoms with E-state index in [1.54, 1.807) is 18.2 Å². The second-order valence-corrected chi connectivity index (χ2v) is 4.42. The lowest BCUT2D eigenvalue weighted by Crippen LogP contribution is -2.14. The maximum atomic E-state index is 11.6. The molecule has 5 nitrogen and oxygen atoms in total. The molecule has 0 saturated heterocycles. The molecule has 6 heteroatoms. The van der Waals surface area contributed by atoms with E-state index in [1.807, 2.05) is 0 Å². The number of unbranched alkanes of at least 4 members (excludes halogenated alkanes) is 1. The molecule has 0 aliphatic heterocycles. The summed E-state index contributed by atoms with van der Waals surface area (Å²) in [5.74, 6) is -1.27. The number of oxazole rings is 1. The molecule has 0 bridgehead atoms. The molecule has 2 aromatic rings. The molecule has 2 rings (SSSR count). The van der Waals surface area contributed by atoms with E-state index < -0.39 is 11.7 Å². The second-order valence-electron chi connectivity index (χ2n) is 3.98. The number of carboxylic acid groups (broad SMARTS) is 1. The summed E-state index contributed by atoms with van der Waals surface area (Å²) in [5.41, 5.74) is 1.13. The van der Waals surface area contributed by atoms with Gasteiger partial charge in [-0.1, -0.05) is 11.6 Å². The molecular weight excluding hydrogens is 258 g/mol. The van der Waals surface area contributed by atoms with Crippen LogP contribution in [-0.4, -0.2) is 15.6 Å². The van der Waals surface area contributed by atoms with Crippen LogP contribution >= 0.6 is 11.6 Å². The molecule has 0 aliphatic carbocycles. The Balaban J connectivity index is 2.17. The lowest BCUT2D eigenvalue weighted by atomic mass is 10.2. The molecule has 0 atom stereocenters. The van der Waals surface area contributed by atoms with Gasteiger partial charge in [-0.05, 0) is 31.0 Å². The Hall–Kier alpha value is -1.75. The van der Waals surface area contributed by atoms with E-state index in [-0.39, 0.29) is 6.42 Å². The maximum Gasteiger partial charge on any atom is 0.419 e. The molecular formula is C12H12ClNO4. The lowest BCUT2D eigenvalue weighted by Gasteiger charge is -2.01. The van der Waals surface area contributed by atoms with E-state index in [1.165, 1.54) is 4.57 Å². The van der Waals surface area contributed by atoms with Gasteiger partial charge in [0.2, 0.25) is 0 Å². The predicted octanol–water partition coefficient (Wildman–Crippen LogP) is 2.50. The number of nitrogens with zero attached hydrogens (tertiary/aromatic N) is 1. The Morgan fingerprint density at radius 3 is 2.89 bits per heavy atom. The third-order valence-corrected chi connectivity index (χ3v) is 2.89. The number of aromatic nitrogens is 1. The molecule has 1 heterocycles. The molecule has 1 N–H and O–H groups in total. The number of fused-ring (bicyclic) bond motifs is 1.